The molecule has 3 rings (SSSR count). The molecule has 1 fully saturated rings. The van der Waals surface area contributed by atoms with Crippen LogP contribution in [0.4, 0.5) is 0 Å². The van der Waals surface area contributed by atoms with Gasteiger partial charge in [-0.2, -0.15) is 5.10 Å². The Morgan fingerprint density at radius 2 is 1.83 bits per heavy atom. The van der Waals surface area contributed by atoms with E-state index in [4.69, 9.17) is 16.7 Å². The monoisotopic (exact) mass is 348 g/mol. The fourth-order valence-corrected chi connectivity index (χ4v) is 2.80. The van der Waals surface area contributed by atoms with Gasteiger partial charge in [0, 0.05) is 43.3 Å². The number of aromatic carboxylic acids is 1. The molecule has 2 aromatic rings. The van der Waals surface area contributed by atoms with Gasteiger partial charge in [-0.1, -0.05) is 11.6 Å². The number of rotatable bonds is 4. The molecular formula is C16H17ClN4O3. The largest absolute Gasteiger partial charge is 0.476 e. The van der Waals surface area contributed by atoms with Crippen LogP contribution in [0.15, 0.2) is 30.3 Å². The van der Waals surface area contributed by atoms with Gasteiger partial charge in [-0.05, 0) is 30.3 Å². The smallest absolute Gasteiger partial charge is 0.356 e. The molecule has 0 aliphatic carbocycles. The van der Waals surface area contributed by atoms with Crippen LogP contribution < -0.4 is 0 Å². The van der Waals surface area contributed by atoms with Crippen molar-refractivity contribution in [1.82, 2.24) is 20.0 Å². The topological polar surface area (TPSA) is 89.5 Å². The number of carbonyl (C=O) groups is 2. The summed E-state index contributed by atoms with van der Waals surface area (Å²) in [4.78, 5) is 27.2. The predicted octanol–water partition coefficient (Wildman–Crippen LogP) is 1.72. The van der Waals surface area contributed by atoms with E-state index < -0.39 is 5.97 Å². The second kappa shape index (κ2) is 7.02. The lowest BCUT2D eigenvalue weighted by atomic mass is 10.2. The molecule has 126 valence electrons. The van der Waals surface area contributed by atoms with Crippen molar-refractivity contribution in [2.45, 2.75) is 6.54 Å². The number of halogens is 1. The van der Waals surface area contributed by atoms with E-state index in [2.05, 4.69) is 15.1 Å². The number of hydrogen-bond donors (Lipinski definition) is 2. The summed E-state index contributed by atoms with van der Waals surface area (Å²) in [6, 6.07) is 8.42. The van der Waals surface area contributed by atoms with Crippen molar-refractivity contribution in [1.29, 1.82) is 0 Å². The normalized spacial score (nSPS) is 15.5. The molecule has 1 saturated heterocycles. The molecule has 0 atom stereocenters. The summed E-state index contributed by atoms with van der Waals surface area (Å²) in [6.07, 6.45) is 0. The first-order valence-corrected chi connectivity index (χ1v) is 7.95. The quantitative estimate of drug-likeness (QED) is 0.878. The summed E-state index contributed by atoms with van der Waals surface area (Å²) in [7, 11) is 0. The van der Waals surface area contributed by atoms with Crippen molar-refractivity contribution < 1.29 is 14.7 Å². The second-order valence-corrected chi connectivity index (χ2v) is 6.10. The molecule has 0 saturated carbocycles. The number of carboxylic acid groups (broad SMARTS) is 1. The summed E-state index contributed by atoms with van der Waals surface area (Å²) in [5, 5.41) is 16.0. The van der Waals surface area contributed by atoms with Crippen molar-refractivity contribution in [2.24, 2.45) is 0 Å². The van der Waals surface area contributed by atoms with Crippen LogP contribution in [0.25, 0.3) is 0 Å². The molecule has 0 radical (unpaired) electrons. The second-order valence-electron chi connectivity index (χ2n) is 5.66. The Morgan fingerprint density at radius 3 is 2.42 bits per heavy atom. The number of benzene rings is 1. The Bertz CT molecular complexity index is 736. The van der Waals surface area contributed by atoms with E-state index in [1.54, 1.807) is 24.3 Å². The third kappa shape index (κ3) is 3.74. The van der Waals surface area contributed by atoms with E-state index in [-0.39, 0.29) is 11.6 Å². The number of aromatic amines is 1. The SMILES string of the molecule is O=C(O)c1cc(CN2CCN(C(=O)c3ccc(Cl)cc3)CC2)[nH]n1. The minimum atomic E-state index is -1.05. The summed E-state index contributed by atoms with van der Waals surface area (Å²) in [5.74, 6) is -1.04. The number of nitrogens with one attached hydrogen (secondary N) is 1. The fourth-order valence-electron chi connectivity index (χ4n) is 2.68. The lowest BCUT2D eigenvalue weighted by molar-refractivity contribution is 0.0625. The minimum absolute atomic E-state index is 0.000945. The lowest BCUT2D eigenvalue weighted by Gasteiger charge is -2.34. The molecule has 1 aromatic carbocycles. The molecule has 0 bridgehead atoms. The van der Waals surface area contributed by atoms with Crippen LogP contribution in [0.2, 0.25) is 5.02 Å². The number of nitrogens with zero attached hydrogens (tertiary/aromatic N) is 3. The van der Waals surface area contributed by atoms with Gasteiger partial charge in [-0.25, -0.2) is 4.79 Å². The third-order valence-corrected chi connectivity index (χ3v) is 4.25. The first kappa shape index (κ1) is 16.5. The zero-order valence-electron chi connectivity index (χ0n) is 12.9. The lowest BCUT2D eigenvalue weighted by Crippen LogP contribution is -2.48. The summed E-state index contributed by atoms with van der Waals surface area (Å²) < 4.78 is 0. The highest BCUT2D eigenvalue weighted by atomic mass is 35.5. The molecule has 0 spiro atoms. The van der Waals surface area contributed by atoms with Crippen LogP contribution in [0, 0.1) is 0 Å². The molecule has 1 amide bonds. The number of carbonyl (C=O) groups excluding carboxylic acids is 1. The van der Waals surface area contributed by atoms with E-state index in [1.165, 1.54) is 6.07 Å². The van der Waals surface area contributed by atoms with Crippen LogP contribution in [0.5, 0.6) is 0 Å². The molecule has 24 heavy (non-hydrogen) atoms. The molecule has 1 aliphatic rings. The summed E-state index contributed by atoms with van der Waals surface area (Å²) >= 11 is 5.84. The van der Waals surface area contributed by atoms with Gasteiger partial charge >= 0.3 is 5.97 Å². The maximum atomic E-state index is 12.4. The number of hydrogen-bond acceptors (Lipinski definition) is 4. The Morgan fingerprint density at radius 1 is 1.17 bits per heavy atom. The van der Waals surface area contributed by atoms with Crippen molar-refractivity contribution >= 4 is 23.5 Å². The molecule has 1 aromatic heterocycles. The number of amides is 1. The van der Waals surface area contributed by atoms with Gasteiger partial charge in [0.2, 0.25) is 0 Å². The average molecular weight is 349 g/mol. The van der Waals surface area contributed by atoms with E-state index in [0.29, 0.717) is 30.2 Å². The van der Waals surface area contributed by atoms with Gasteiger partial charge in [0.15, 0.2) is 5.69 Å². The van der Waals surface area contributed by atoms with Gasteiger partial charge in [0.05, 0.1) is 5.69 Å². The zero-order chi connectivity index (χ0) is 17.1. The Kier molecular flexibility index (Phi) is 4.82. The van der Waals surface area contributed by atoms with Crippen LogP contribution in [-0.2, 0) is 6.54 Å². The number of piperazine rings is 1. The third-order valence-electron chi connectivity index (χ3n) is 3.99. The molecule has 0 unspecified atom stereocenters. The van der Waals surface area contributed by atoms with Crippen molar-refractivity contribution in [3.8, 4) is 0 Å². The number of H-pyrrole nitrogens is 1. The average Bonchev–Trinajstić information content (AvgIpc) is 3.04. The Hall–Kier alpha value is -2.38. The molecule has 8 heteroatoms. The van der Waals surface area contributed by atoms with Crippen molar-refractivity contribution in [3.05, 3.63) is 52.3 Å². The molecule has 1 aliphatic heterocycles. The molecule has 2 heterocycles. The summed E-state index contributed by atoms with van der Waals surface area (Å²) in [5.41, 5.74) is 1.40. The zero-order valence-corrected chi connectivity index (χ0v) is 13.7. The highest BCUT2D eigenvalue weighted by Crippen LogP contribution is 2.14. The van der Waals surface area contributed by atoms with Gasteiger partial charge in [-0.3, -0.25) is 14.8 Å². The molecule has 2 N–H and O–H groups in total. The maximum absolute atomic E-state index is 12.4. The molecule has 7 nitrogen and oxygen atoms in total. The maximum Gasteiger partial charge on any atom is 0.356 e. The van der Waals surface area contributed by atoms with E-state index in [1.807, 2.05) is 4.90 Å². The Balaban J connectivity index is 1.54. The number of carboxylic acids is 1. The van der Waals surface area contributed by atoms with Gasteiger partial charge in [0.1, 0.15) is 0 Å². The molecular weight excluding hydrogens is 332 g/mol. The van der Waals surface area contributed by atoms with Crippen molar-refractivity contribution in [3.63, 3.8) is 0 Å². The van der Waals surface area contributed by atoms with Crippen LogP contribution >= 0.6 is 11.6 Å². The fraction of sp³-hybridized carbons (Fsp3) is 0.312. The van der Waals surface area contributed by atoms with E-state index in [0.717, 1.165) is 18.8 Å². The van der Waals surface area contributed by atoms with Gasteiger partial charge < -0.3 is 10.0 Å². The van der Waals surface area contributed by atoms with Gasteiger partial charge in [-0.15, -0.1) is 0 Å². The van der Waals surface area contributed by atoms with Crippen LogP contribution in [0.3, 0.4) is 0 Å². The number of aromatic nitrogens is 2. The van der Waals surface area contributed by atoms with Gasteiger partial charge in [0.25, 0.3) is 5.91 Å². The standard InChI is InChI=1S/C16H17ClN4O3/c17-12-3-1-11(2-4-12)15(22)21-7-5-20(6-8-21)10-13-9-14(16(23)24)19-18-13/h1-4,9H,5-8,10H2,(H,18,19)(H,23,24). The first-order valence-electron chi connectivity index (χ1n) is 7.58. The Labute approximate surface area is 143 Å². The van der Waals surface area contributed by atoms with Crippen molar-refractivity contribution in [2.75, 3.05) is 26.2 Å². The van der Waals surface area contributed by atoms with Crippen LogP contribution in [-0.4, -0.2) is 63.2 Å². The first-order chi connectivity index (χ1) is 11.5. The van der Waals surface area contributed by atoms with Crippen LogP contribution in [0.1, 0.15) is 26.5 Å². The van der Waals surface area contributed by atoms with E-state index in [9.17, 15) is 9.59 Å². The predicted molar refractivity (Wildman–Crippen MR) is 88.2 cm³/mol. The summed E-state index contributed by atoms with van der Waals surface area (Å²) in [6.45, 7) is 3.29. The highest BCUT2D eigenvalue weighted by Gasteiger charge is 2.22. The highest BCUT2D eigenvalue weighted by molar-refractivity contribution is 6.30. The minimum Gasteiger partial charge on any atom is -0.476 e. The van der Waals surface area contributed by atoms with E-state index >= 15 is 0 Å².